The Kier molecular flexibility index (Phi) is 5.03. The van der Waals surface area contributed by atoms with Gasteiger partial charge in [-0.25, -0.2) is 12.4 Å². The molecule has 1 aliphatic carbocycles. The molecule has 0 fully saturated rings. The summed E-state index contributed by atoms with van der Waals surface area (Å²) in [5.74, 6) is -0.136. The fourth-order valence-corrected chi connectivity index (χ4v) is 7.88. The molecule has 0 radical (unpaired) electrons. The first-order chi connectivity index (χ1) is 18.8. The van der Waals surface area contributed by atoms with Gasteiger partial charge in [-0.1, -0.05) is 90.5 Å². The number of para-hydroxylation sites is 2. The number of benzene rings is 4. The molecule has 5 aromatic rings. The van der Waals surface area contributed by atoms with Gasteiger partial charge in [-0.2, -0.15) is 0 Å². The predicted octanol–water partition coefficient (Wildman–Crippen LogP) is 6.44. The van der Waals surface area contributed by atoms with Crippen molar-refractivity contribution in [3.05, 3.63) is 137 Å². The van der Waals surface area contributed by atoms with E-state index in [1.54, 1.807) is 29.2 Å². The Labute approximate surface area is 227 Å². The monoisotopic (exact) mass is 530 g/mol. The second-order valence-electron chi connectivity index (χ2n) is 10.3. The zero-order valence-electron chi connectivity index (χ0n) is 21.6. The average Bonchev–Trinajstić information content (AvgIpc) is 3.52. The summed E-state index contributed by atoms with van der Waals surface area (Å²) in [6.07, 6.45) is 2.00. The molecule has 39 heavy (non-hydrogen) atoms. The maximum Gasteiger partial charge on any atom is 0.268 e. The van der Waals surface area contributed by atoms with Crippen LogP contribution in [0.15, 0.2) is 114 Å². The van der Waals surface area contributed by atoms with Crippen LogP contribution in [0.1, 0.15) is 34.9 Å². The number of carbonyl (C=O) groups is 1. The highest BCUT2D eigenvalue weighted by molar-refractivity contribution is 7.90. The zero-order chi connectivity index (χ0) is 26.9. The molecule has 192 valence electrons. The van der Waals surface area contributed by atoms with Gasteiger partial charge >= 0.3 is 0 Å². The van der Waals surface area contributed by atoms with Gasteiger partial charge in [0.25, 0.3) is 10.0 Å². The Bertz CT molecular complexity index is 1940. The highest BCUT2D eigenvalue weighted by atomic mass is 32.2. The van der Waals surface area contributed by atoms with E-state index in [2.05, 4.69) is 0 Å². The summed E-state index contributed by atoms with van der Waals surface area (Å²) < 4.78 is 30.3. The third-order valence-electron chi connectivity index (χ3n) is 8.09. The summed E-state index contributed by atoms with van der Waals surface area (Å²) in [5, 5.41) is 0.811. The molecular weight excluding hydrogens is 504 g/mol. The molecule has 0 bridgehead atoms. The molecule has 4 aromatic carbocycles. The summed E-state index contributed by atoms with van der Waals surface area (Å²) in [4.78, 5) is 16.8. The normalized spacial score (nSPS) is 18.1. The van der Waals surface area contributed by atoms with Gasteiger partial charge in [0.2, 0.25) is 5.91 Å². The standard InChI is InChI=1S/C33H26N2O3S/c1-22-16-18-25(19-17-22)39(37,38)35-29-14-8-6-12-26(29)27-20-23(2)33(31(27)35)28-13-7-9-15-30(28)34(32(33)36)21-24-10-4-3-5-11-24/h3-20H,21H2,1-2H3/t33-/m0/s1. The van der Waals surface area contributed by atoms with Crippen LogP contribution in [0.25, 0.3) is 17.0 Å². The average molecular weight is 531 g/mol. The highest BCUT2D eigenvalue weighted by Crippen LogP contribution is 2.57. The minimum absolute atomic E-state index is 0.136. The molecule has 0 N–H and O–H groups in total. The van der Waals surface area contributed by atoms with Crippen LogP contribution in [-0.2, 0) is 26.8 Å². The lowest BCUT2D eigenvalue weighted by Gasteiger charge is -2.29. The molecular formula is C33H26N2O3S. The first-order valence-corrected chi connectivity index (χ1v) is 14.4. The quantitative estimate of drug-likeness (QED) is 0.269. The number of carbonyl (C=O) groups excluding carboxylic acids is 1. The van der Waals surface area contributed by atoms with Crippen LogP contribution in [0.5, 0.6) is 0 Å². The number of fused-ring (bicyclic) bond motifs is 6. The van der Waals surface area contributed by atoms with Crippen LogP contribution in [0, 0.1) is 6.92 Å². The second-order valence-corrected chi connectivity index (χ2v) is 12.1. The van der Waals surface area contributed by atoms with Crippen molar-refractivity contribution < 1.29 is 13.2 Å². The van der Waals surface area contributed by atoms with Gasteiger partial charge in [-0.05, 0) is 49.2 Å². The van der Waals surface area contributed by atoms with Gasteiger partial charge in [-0.3, -0.25) is 4.79 Å². The van der Waals surface area contributed by atoms with Crippen molar-refractivity contribution in [2.45, 2.75) is 30.7 Å². The maximum absolute atomic E-state index is 14.8. The van der Waals surface area contributed by atoms with Gasteiger partial charge in [-0.15, -0.1) is 0 Å². The third kappa shape index (κ3) is 3.12. The number of aromatic nitrogens is 1. The molecule has 1 aromatic heterocycles. The molecule has 0 unspecified atom stereocenters. The van der Waals surface area contributed by atoms with E-state index in [-0.39, 0.29) is 10.8 Å². The van der Waals surface area contributed by atoms with Crippen molar-refractivity contribution in [2.75, 3.05) is 4.90 Å². The summed E-state index contributed by atoms with van der Waals surface area (Å²) in [6, 6.07) is 32.0. The fourth-order valence-electron chi connectivity index (χ4n) is 6.30. The zero-order valence-corrected chi connectivity index (χ0v) is 22.4. The number of nitrogens with zero attached hydrogens (tertiary/aromatic N) is 2. The molecule has 0 saturated carbocycles. The Morgan fingerprint density at radius 1 is 0.769 bits per heavy atom. The van der Waals surface area contributed by atoms with Crippen molar-refractivity contribution in [1.82, 2.24) is 3.97 Å². The lowest BCUT2D eigenvalue weighted by molar-refractivity contribution is -0.120. The Hall–Kier alpha value is -4.42. The summed E-state index contributed by atoms with van der Waals surface area (Å²) in [7, 11) is -4.04. The molecule has 1 spiro atoms. The van der Waals surface area contributed by atoms with Crippen LogP contribution in [0.4, 0.5) is 5.69 Å². The van der Waals surface area contributed by atoms with E-state index in [9.17, 15) is 13.2 Å². The molecule has 5 nitrogen and oxygen atoms in total. The number of rotatable bonds is 4. The molecule has 7 rings (SSSR count). The SMILES string of the molecule is CC1=Cc2c(n(S(=O)(=O)c3ccc(C)cc3)c3ccccc23)[C@]12C(=O)N(Cc1ccccc1)c1ccccc12. The van der Waals surface area contributed by atoms with E-state index in [4.69, 9.17) is 0 Å². The highest BCUT2D eigenvalue weighted by Gasteiger charge is 2.59. The van der Waals surface area contributed by atoms with Crippen molar-refractivity contribution >= 4 is 38.6 Å². The van der Waals surface area contributed by atoms with Crippen LogP contribution in [0.3, 0.4) is 0 Å². The van der Waals surface area contributed by atoms with E-state index in [1.165, 1.54) is 3.97 Å². The first kappa shape index (κ1) is 23.7. The van der Waals surface area contributed by atoms with Crippen molar-refractivity contribution in [3.8, 4) is 0 Å². The van der Waals surface area contributed by atoms with Gasteiger partial charge in [0.15, 0.2) is 0 Å². The maximum atomic E-state index is 14.8. The van der Waals surface area contributed by atoms with Gasteiger partial charge in [0.1, 0.15) is 5.41 Å². The molecule has 6 heteroatoms. The fraction of sp³-hybridized carbons (Fsp3) is 0.121. The van der Waals surface area contributed by atoms with Gasteiger partial charge in [0.05, 0.1) is 22.7 Å². The summed E-state index contributed by atoms with van der Waals surface area (Å²) in [5.41, 5.74) is 5.00. The molecule has 1 atom stereocenters. The van der Waals surface area contributed by atoms with Crippen molar-refractivity contribution in [3.63, 3.8) is 0 Å². The minimum atomic E-state index is -4.04. The number of aryl methyl sites for hydroxylation is 1. The molecule has 0 saturated heterocycles. The Balaban J connectivity index is 1.54. The van der Waals surface area contributed by atoms with Gasteiger partial charge < -0.3 is 4.90 Å². The predicted molar refractivity (Wildman–Crippen MR) is 154 cm³/mol. The number of anilines is 1. The van der Waals surface area contributed by atoms with E-state index in [0.29, 0.717) is 17.8 Å². The lowest BCUT2D eigenvalue weighted by Crippen LogP contribution is -2.42. The molecule has 2 aliphatic rings. The smallest absolute Gasteiger partial charge is 0.268 e. The minimum Gasteiger partial charge on any atom is -0.306 e. The number of amides is 1. The Morgan fingerprint density at radius 3 is 2.21 bits per heavy atom. The molecule has 2 heterocycles. The van der Waals surface area contributed by atoms with Crippen LogP contribution in [-0.4, -0.2) is 18.3 Å². The van der Waals surface area contributed by atoms with Crippen LogP contribution >= 0.6 is 0 Å². The molecule has 1 amide bonds. The second kappa shape index (κ2) is 8.29. The van der Waals surface area contributed by atoms with E-state index < -0.39 is 15.4 Å². The number of hydrogen-bond acceptors (Lipinski definition) is 3. The first-order valence-electron chi connectivity index (χ1n) is 13.0. The molecule has 1 aliphatic heterocycles. The summed E-state index contributed by atoms with van der Waals surface area (Å²) in [6.45, 7) is 4.27. The van der Waals surface area contributed by atoms with Crippen molar-refractivity contribution in [2.24, 2.45) is 0 Å². The van der Waals surface area contributed by atoms with E-state index in [0.717, 1.165) is 38.9 Å². The van der Waals surface area contributed by atoms with Gasteiger partial charge in [0, 0.05) is 22.2 Å². The van der Waals surface area contributed by atoms with Crippen LogP contribution < -0.4 is 4.90 Å². The number of hydrogen-bond donors (Lipinski definition) is 0. The largest absolute Gasteiger partial charge is 0.306 e. The Morgan fingerprint density at radius 2 is 1.44 bits per heavy atom. The van der Waals surface area contributed by atoms with E-state index in [1.807, 2.05) is 98.8 Å². The van der Waals surface area contributed by atoms with Crippen molar-refractivity contribution in [1.29, 1.82) is 0 Å². The lowest BCUT2D eigenvalue weighted by atomic mass is 9.75. The van der Waals surface area contributed by atoms with Crippen LogP contribution in [0.2, 0.25) is 0 Å². The summed E-state index contributed by atoms with van der Waals surface area (Å²) >= 11 is 0. The third-order valence-corrected chi connectivity index (χ3v) is 9.81. The topological polar surface area (TPSA) is 59.4 Å². The van der Waals surface area contributed by atoms with E-state index >= 15 is 0 Å².